The molecule has 0 aliphatic heterocycles. The second-order valence-corrected chi connectivity index (χ2v) is 1.52. The summed E-state index contributed by atoms with van der Waals surface area (Å²) in [7, 11) is 0. The summed E-state index contributed by atoms with van der Waals surface area (Å²) in [6.07, 6.45) is 1.84. The molecule has 0 unspecified atom stereocenters. The number of hydrogen-bond acceptors (Lipinski definition) is 1. The maximum atomic E-state index is 5.38. The van der Waals surface area contributed by atoms with E-state index in [1.54, 1.807) is 0 Å². The summed E-state index contributed by atoms with van der Waals surface area (Å²) in [6, 6.07) is 0. The van der Waals surface area contributed by atoms with Crippen molar-refractivity contribution in [2.75, 3.05) is 0 Å². The van der Waals surface area contributed by atoms with E-state index < -0.39 is 0 Å². The van der Waals surface area contributed by atoms with Crippen molar-refractivity contribution < 1.29 is 0 Å². The van der Waals surface area contributed by atoms with E-state index in [1.165, 1.54) is 0 Å². The predicted octanol–water partition coefficient (Wildman–Crippen LogP) is 2.45. The van der Waals surface area contributed by atoms with Crippen LogP contribution in [0.3, 0.4) is 0 Å². The molecule has 54 valence electrons. The quantitative estimate of drug-likeness (QED) is 0.538. The van der Waals surface area contributed by atoms with Crippen molar-refractivity contribution in [3.8, 4) is 0 Å². The van der Waals surface area contributed by atoms with Crippen LogP contribution < -0.4 is 5.73 Å². The summed E-state index contributed by atoms with van der Waals surface area (Å²) in [5, 5.41) is 0. The van der Waals surface area contributed by atoms with Crippen molar-refractivity contribution in [1.29, 1.82) is 0 Å². The molecule has 2 N–H and O–H groups in total. The van der Waals surface area contributed by atoms with E-state index in [0.29, 0.717) is 0 Å². The first-order valence-electron chi connectivity index (χ1n) is 3.26. The Labute approximate surface area is 58.3 Å². The minimum atomic E-state index is 0.778. The second kappa shape index (κ2) is 7.28. The molecule has 0 aromatic heterocycles. The molecule has 0 saturated heterocycles. The Kier molecular flexibility index (Phi) is 9.00. The highest BCUT2D eigenvalue weighted by Crippen LogP contribution is 1.95. The fraction of sp³-hybridized carbons (Fsp3) is 0.500. The van der Waals surface area contributed by atoms with Crippen molar-refractivity contribution in [2.45, 2.75) is 27.7 Å². The van der Waals surface area contributed by atoms with E-state index in [1.807, 2.05) is 33.8 Å². The molecule has 0 rings (SSSR count). The highest BCUT2D eigenvalue weighted by Gasteiger charge is 1.81. The van der Waals surface area contributed by atoms with Crippen molar-refractivity contribution in [2.24, 2.45) is 5.73 Å². The van der Waals surface area contributed by atoms with Gasteiger partial charge in [-0.1, -0.05) is 26.5 Å². The molecule has 0 aromatic carbocycles. The summed E-state index contributed by atoms with van der Waals surface area (Å²) >= 11 is 0. The Balaban J connectivity index is 0. The fourth-order valence-corrected chi connectivity index (χ4v) is 0.246. The predicted molar refractivity (Wildman–Crippen MR) is 44.1 cm³/mol. The van der Waals surface area contributed by atoms with Crippen LogP contribution in [0.15, 0.2) is 23.9 Å². The summed E-state index contributed by atoms with van der Waals surface area (Å²) in [5.74, 6) is 0. The zero-order valence-corrected chi connectivity index (χ0v) is 6.86. The minimum Gasteiger partial charge on any atom is -0.399 e. The normalized spacial score (nSPS) is 9.56. The van der Waals surface area contributed by atoms with Crippen LogP contribution in [0.4, 0.5) is 0 Å². The van der Waals surface area contributed by atoms with Gasteiger partial charge in [0.1, 0.15) is 0 Å². The molecule has 0 aliphatic rings. The van der Waals surface area contributed by atoms with Gasteiger partial charge in [-0.25, -0.2) is 0 Å². The van der Waals surface area contributed by atoms with E-state index >= 15 is 0 Å². The van der Waals surface area contributed by atoms with Crippen LogP contribution in [-0.2, 0) is 0 Å². The minimum absolute atomic E-state index is 0.778. The first kappa shape index (κ1) is 11.1. The topological polar surface area (TPSA) is 26.0 Å². The van der Waals surface area contributed by atoms with Gasteiger partial charge in [0.2, 0.25) is 0 Å². The summed E-state index contributed by atoms with van der Waals surface area (Å²) in [5.41, 5.74) is 7.09. The average Bonchev–Trinajstić information content (AvgIpc) is 1.91. The molecular weight excluding hydrogens is 110 g/mol. The largest absolute Gasteiger partial charge is 0.399 e. The molecule has 0 radical (unpaired) electrons. The van der Waals surface area contributed by atoms with Crippen molar-refractivity contribution in [3.05, 3.63) is 23.9 Å². The number of allylic oxidation sites excluding steroid dienone is 2. The molecule has 0 amide bonds. The fourth-order valence-electron chi connectivity index (χ4n) is 0.246. The molecule has 0 aliphatic carbocycles. The molecule has 0 saturated carbocycles. The third-order valence-electron chi connectivity index (χ3n) is 0.804. The molecule has 0 fully saturated rings. The van der Waals surface area contributed by atoms with E-state index in [2.05, 4.69) is 6.58 Å². The maximum absolute atomic E-state index is 5.38. The third-order valence-corrected chi connectivity index (χ3v) is 0.804. The lowest BCUT2D eigenvalue weighted by molar-refractivity contribution is 1.29. The van der Waals surface area contributed by atoms with Crippen LogP contribution in [0.25, 0.3) is 0 Å². The zero-order chi connectivity index (χ0) is 7.86. The van der Waals surface area contributed by atoms with Crippen LogP contribution in [0.5, 0.6) is 0 Å². The molecule has 0 spiro atoms. The summed E-state index contributed by atoms with van der Waals surface area (Å²) < 4.78 is 0. The Hall–Kier alpha value is -0.720. The van der Waals surface area contributed by atoms with Gasteiger partial charge in [0.25, 0.3) is 0 Å². The first-order valence-corrected chi connectivity index (χ1v) is 3.26. The van der Waals surface area contributed by atoms with E-state index in [9.17, 15) is 0 Å². The van der Waals surface area contributed by atoms with Gasteiger partial charge in [-0.3, -0.25) is 0 Å². The maximum Gasteiger partial charge on any atom is 0.0294 e. The Morgan fingerprint density at radius 1 is 1.44 bits per heavy atom. The zero-order valence-electron chi connectivity index (χ0n) is 6.86. The van der Waals surface area contributed by atoms with Crippen LogP contribution in [0, 0.1) is 0 Å². The molecule has 1 heteroatoms. The van der Waals surface area contributed by atoms with Crippen LogP contribution in [-0.4, -0.2) is 0 Å². The third kappa shape index (κ3) is 7.28. The van der Waals surface area contributed by atoms with Crippen LogP contribution in [0.1, 0.15) is 27.7 Å². The second-order valence-electron chi connectivity index (χ2n) is 1.52. The van der Waals surface area contributed by atoms with Gasteiger partial charge in [-0.05, 0) is 19.4 Å². The number of nitrogens with two attached hydrogens (primary N) is 1. The van der Waals surface area contributed by atoms with Gasteiger partial charge >= 0.3 is 0 Å². The van der Waals surface area contributed by atoms with Gasteiger partial charge in [-0.15, -0.1) is 0 Å². The Morgan fingerprint density at radius 3 is 1.78 bits per heavy atom. The molecule has 0 heterocycles. The van der Waals surface area contributed by atoms with Crippen LogP contribution in [0.2, 0.25) is 0 Å². The SMILES string of the molecule is C=C(C)/C(N)=C/C.CC. The number of hydrogen-bond donors (Lipinski definition) is 1. The van der Waals surface area contributed by atoms with Gasteiger partial charge in [0.05, 0.1) is 0 Å². The smallest absolute Gasteiger partial charge is 0.0294 e. The van der Waals surface area contributed by atoms with E-state index in [4.69, 9.17) is 5.73 Å². The summed E-state index contributed by atoms with van der Waals surface area (Å²) in [6.45, 7) is 11.4. The van der Waals surface area contributed by atoms with Gasteiger partial charge in [0, 0.05) is 5.70 Å². The average molecular weight is 127 g/mol. The molecule has 9 heavy (non-hydrogen) atoms. The van der Waals surface area contributed by atoms with Gasteiger partial charge in [-0.2, -0.15) is 0 Å². The van der Waals surface area contributed by atoms with Crippen LogP contribution >= 0.6 is 0 Å². The Morgan fingerprint density at radius 2 is 1.78 bits per heavy atom. The van der Waals surface area contributed by atoms with Crippen molar-refractivity contribution in [1.82, 2.24) is 0 Å². The van der Waals surface area contributed by atoms with E-state index in [0.717, 1.165) is 11.3 Å². The Bertz CT molecular complexity index is 101. The van der Waals surface area contributed by atoms with Crippen molar-refractivity contribution >= 4 is 0 Å². The highest BCUT2D eigenvalue weighted by atomic mass is 14.6. The molecule has 1 nitrogen and oxygen atoms in total. The number of rotatable bonds is 1. The molecular formula is C8H17N. The summed E-state index contributed by atoms with van der Waals surface area (Å²) in [4.78, 5) is 0. The monoisotopic (exact) mass is 127 g/mol. The van der Waals surface area contributed by atoms with E-state index in [-0.39, 0.29) is 0 Å². The van der Waals surface area contributed by atoms with Gasteiger partial charge in [0.15, 0.2) is 0 Å². The van der Waals surface area contributed by atoms with Crippen molar-refractivity contribution in [3.63, 3.8) is 0 Å². The molecule has 0 aromatic rings. The first-order chi connectivity index (χ1) is 4.18. The lowest BCUT2D eigenvalue weighted by atomic mass is 10.2. The standard InChI is InChI=1S/C6H11N.C2H6/c1-4-6(7)5(2)3;1-2/h4H,2,7H2,1,3H3;1-2H3/b6-4-;. The molecule has 0 atom stereocenters. The lowest BCUT2D eigenvalue weighted by Crippen LogP contribution is -1.95. The highest BCUT2D eigenvalue weighted by molar-refractivity contribution is 5.21. The van der Waals surface area contributed by atoms with Gasteiger partial charge < -0.3 is 5.73 Å². The lowest BCUT2D eigenvalue weighted by Gasteiger charge is -1.92. The molecule has 0 bridgehead atoms.